The maximum absolute atomic E-state index is 5.62. The molecule has 84 valence electrons. The molecule has 1 aromatic rings. The number of hydrogen-bond acceptors (Lipinski definition) is 2. The normalized spacial score (nSPS) is 11.7. The fourth-order valence-electron chi connectivity index (χ4n) is 1.14. The third-order valence-electron chi connectivity index (χ3n) is 2.13. The molecule has 15 heavy (non-hydrogen) atoms. The average molecular weight is 244 g/mol. The highest BCUT2D eigenvalue weighted by atomic mass is 35.5. The Labute approximate surface area is 102 Å². The van der Waals surface area contributed by atoms with Crippen LogP contribution in [-0.4, -0.2) is 16.6 Å². The van der Waals surface area contributed by atoms with E-state index in [0.29, 0.717) is 0 Å². The van der Waals surface area contributed by atoms with Crippen molar-refractivity contribution in [1.82, 2.24) is 4.98 Å². The quantitative estimate of drug-likeness (QED) is 0.449. The van der Waals surface area contributed by atoms with Crippen LogP contribution in [0.25, 0.3) is 0 Å². The Morgan fingerprint density at radius 2 is 2.07 bits per heavy atom. The molecular weight excluding hydrogens is 226 g/mol. The Kier molecular flexibility index (Phi) is 4.94. The second kappa shape index (κ2) is 5.76. The third-order valence-corrected chi connectivity index (χ3v) is 3.43. The van der Waals surface area contributed by atoms with Gasteiger partial charge in [-0.25, -0.2) is 4.98 Å². The summed E-state index contributed by atoms with van der Waals surface area (Å²) < 4.78 is 0. The number of aromatic nitrogens is 1. The number of thioether (sulfide) groups is 1. The zero-order valence-corrected chi connectivity index (χ0v) is 11.2. The maximum Gasteiger partial charge on any atom is 0.0960 e. The van der Waals surface area contributed by atoms with Gasteiger partial charge in [-0.1, -0.05) is 26.8 Å². The second-order valence-corrected chi connectivity index (χ2v) is 6.02. The van der Waals surface area contributed by atoms with E-state index in [9.17, 15) is 0 Å². The number of rotatable bonds is 4. The molecule has 0 atom stereocenters. The standard InChI is InChI=1S/C12H18ClNS/c1-12(2,3)10-5-6-11(14-9-10)15-8-4-7-13/h5-6,9H,4,7-8H2,1-3H3. The largest absolute Gasteiger partial charge is 0.250 e. The summed E-state index contributed by atoms with van der Waals surface area (Å²) in [6.07, 6.45) is 3.01. The van der Waals surface area contributed by atoms with Crippen LogP contribution in [0.3, 0.4) is 0 Å². The summed E-state index contributed by atoms with van der Waals surface area (Å²) >= 11 is 7.39. The molecule has 0 aliphatic heterocycles. The van der Waals surface area contributed by atoms with Crippen molar-refractivity contribution in [2.75, 3.05) is 11.6 Å². The predicted molar refractivity (Wildman–Crippen MR) is 69.0 cm³/mol. The average Bonchev–Trinajstić information content (AvgIpc) is 2.18. The van der Waals surface area contributed by atoms with Gasteiger partial charge in [0.25, 0.3) is 0 Å². The Hall–Kier alpha value is -0.210. The summed E-state index contributed by atoms with van der Waals surface area (Å²) in [5, 5.41) is 1.09. The maximum atomic E-state index is 5.62. The van der Waals surface area contributed by atoms with Crippen molar-refractivity contribution in [2.45, 2.75) is 37.6 Å². The number of hydrogen-bond donors (Lipinski definition) is 0. The van der Waals surface area contributed by atoms with Crippen LogP contribution in [0.4, 0.5) is 0 Å². The van der Waals surface area contributed by atoms with Gasteiger partial charge in [-0.15, -0.1) is 23.4 Å². The molecule has 1 rings (SSSR count). The van der Waals surface area contributed by atoms with Crippen LogP contribution in [0.5, 0.6) is 0 Å². The summed E-state index contributed by atoms with van der Waals surface area (Å²) in [6.45, 7) is 6.60. The predicted octanol–water partition coefficient (Wildman–Crippen LogP) is 4.10. The molecule has 0 aromatic carbocycles. The first-order valence-corrected chi connectivity index (χ1v) is 6.71. The van der Waals surface area contributed by atoms with Crippen LogP contribution in [0, 0.1) is 0 Å². The first kappa shape index (κ1) is 12.9. The highest BCUT2D eigenvalue weighted by molar-refractivity contribution is 7.99. The van der Waals surface area contributed by atoms with E-state index in [-0.39, 0.29) is 5.41 Å². The molecule has 0 aliphatic rings. The van der Waals surface area contributed by atoms with Crippen LogP contribution >= 0.6 is 23.4 Å². The second-order valence-electron chi connectivity index (χ2n) is 4.53. The van der Waals surface area contributed by atoms with E-state index in [1.807, 2.05) is 6.20 Å². The summed E-state index contributed by atoms with van der Waals surface area (Å²) in [5.41, 5.74) is 1.47. The van der Waals surface area contributed by atoms with E-state index in [1.54, 1.807) is 11.8 Å². The minimum atomic E-state index is 0.187. The molecule has 1 nitrogen and oxygen atoms in total. The van der Waals surface area contributed by atoms with E-state index in [0.717, 1.165) is 23.1 Å². The van der Waals surface area contributed by atoms with Crippen molar-refractivity contribution in [3.63, 3.8) is 0 Å². The highest BCUT2D eigenvalue weighted by Crippen LogP contribution is 2.23. The lowest BCUT2D eigenvalue weighted by Crippen LogP contribution is -2.11. The van der Waals surface area contributed by atoms with Crippen LogP contribution in [-0.2, 0) is 5.41 Å². The van der Waals surface area contributed by atoms with Gasteiger partial charge in [0.2, 0.25) is 0 Å². The molecule has 1 aromatic heterocycles. The highest BCUT2D eigenvalue weighted by Gasteiger charge is 2.13. The minimum absolute atomic E-state index is 0.187. The fourth-order valence-corrected chi connectivity index (χ4v) is 2.22. The molecule has 0 spiro atoms. The van der Waals surface area contributed by atoms with Crippen molar-refractivity contribution in [3.8, 4) is 0 Å². The Morgan fingerprint density at radius 3 is 2.53 bits per heavy atom. The molecule has 0 aliphatic carbocycles. The fraction of sp³-hybridized carbons (Fsp3) is 0.583. The van der Waals surface area contributed by atoms with Crippen molar-refractivity contribution in [2.24, 2.45) is 0 Å². The molecule has 0 amide bonds. The SMILES string of the molecule is CC(C)(C)c1ccc(SCCCCl)nc1. The molecule has 0 fully saturated rings. The molecule has 0 saturated heterocycles. The van der Waals surface area contributed by atoms with Gasteiger partial charge in [0.1, 0.15) is 0 Å². The van der Waals surface area contributed by atoms with Crippen LogP contribution in [0.15, 0.2) is 23.4 Å². The van der Waals surface area contributed by atoms with E-state index in [2.05, 4.69) is 37.9 Å². The van der Waals surface area contributed by atoms with Gasteiger partial charge in [-0.2, -0.15) is 0 Å². The lowest BCUT2D eigenvalue weighted by Gasteiger charge is -2.18. The molecule has 0 saturated carbocycles. The Bertz CT molecular complexity index is 289. The van der Waals surface area contributed by atoms with Gasteiger partial charge in [0, 0.05) is 17.8 Å². The van der Waals surface area contributed by atoms with Gasteiger partial charge in [-0.3, -0.25) is 0 Å². The first-order valence-electron chi connectivity index (χ1n) is 5.19. The van der Waals surface area contributed by atoms with Crippen molar-refractivity contribution >= 4 is 23.4 Å². The van der Waals surface area contributed by atoms with E-state index >= 15 is 0 Å². The zero-order valence-electron chi connectivity index (χ0n) is 9.59. The van der Waals surface area contributed by atoms with Gasteiger partial charge >= 0.3 is 0 Å². The minimum Gasteiger partial charge on any atom is -0.250 e. The third kappa shape index (κ3) is 4.43. The topological polar surface area (TPSA) is 12.9 Å². The number of pyridine rings is 1. The Morgan fingerprint density at radius 1 is 1.33 bits per heavy atom. The van der Waals surface area contributed by atoms with Gasteiger partial charge < -0.3 is 0 Å². The zero-order chi connectivity index (χ0) is 11.3. The van der Waals surface area contributed by atoms with Crippen LogP contribution < -0.4 is 0 Å². The molecular formula is C12H18ClNS. The van der Waals surface area contributed by atoms with Crippen molar-refractivity contribution < 1.29 is 0 Å². The summed E-state index contributed by atoms with van der Waals surface area (Å²) in [4.78, 5) is 4.44. The monoisotopic (exact) mass is 243 g/mol. The van der Waals surface area contributed by atoms with Gasteiger partial charge in [0.15, 0.2) is 0 Å². The summed E-state index contributed by atoms with van der Waals surface area (Å²) in [6, 6.07) is 4.26. The number of nitrogens with zero attached hydrogens (tertiary/aromatic N) is 1. The Balaban J connectivity index is 2.57. The number of alkyl halides is 1. The number of halogens is 1. The molecule has 0 radical (unpaired) electrons. The van der Waals surface area contributed by atoms with E-state index in [1.165, 1.54) is 5.56 Å². The van der Waals surface area contributed by atoms with Crippen molar-refractivity contribution in [3.05, 3.63) is 23.9 Å². The van der Waals surface area contributed by atoms with Crippen molar-refractivity contribution in [1.29, 1.82) is 0 Å². The van der Waals surface area contributed by atoms with Gasteiger partial charge in [-0.05, 0) is 23.5 Å². The van der Waals surface area contributed by atoms with Gasteiger partial charge in [0.05, 0.1) is 5.03 Å². The first-order chi connectivity index (χ1) is 7.04. The summed E-state index contributed by atoms with van der Waals surface area (Å²) in [7, 11) is 0. The van der Waals surface area contributed by atoms with E-state index in [4.69, 9.17) is 11.6 Å². The molecule has 0 N–H and O–H groups in total. The lowest BCUT2D eigenvalue weighted by atomic mass is 9.88. The molecule has 0 unspecified atom stereocenters. The van der Waals surface area contributed by atoms with Crippen LogP contribution in [0.1, 0.15) is 32.8 Å². The molecule has 3 heteroatoms. The van der Waals surface area contributed by atoms with E-state index < -0.39 is 0 Å². The smallest absolute Gasteiger partial charge is 0.0960 e. The molecule has 1 heterocycles. The van der Waals surface area contributed by atoms with Crippen LogP contribution in [0.2, 0.25) is 0 Å². The lowest BCUT2D eigenvalue weighted by molar-refractivity contribution is 0.586. The molecule has 0 bridgehead atoms. The summed E-state index contributed by atoms with van der Waals surface area (Å²) in [5.74, 6) is 1.78.